The van der Waals surface area contributed by atoms with Crippen LogP contribution >= 0.6 is 11.3 Å². The molecule has 0 aliphatic rings. The van der Waals surface area contributed by atoms with Crippen LogP contribution in [0, 0.1) is 12.7 Å². The van der Waals surface area contributed by atoms with Gasteiger partial charge in [0.05, 0.1) is 23.3 Å². The molecule has 0 spiro atoms. The number of fused-ring (bicyclic) bond motifs is 1. The van der Waals surface area contributed by atoms with Gasteiger partial charge in [-0.1, -0.05) is 0 Å². The second-order valence-corrected chi connectivity index (χ2v) is 6.17. The lowest BCUT2D eigenvalue weighted by Crippen LogP contribution is -2.13. The zero-order valence-electron chi connectivity index (χ0n) is 13.4. The molecule has 2 aromatic heterocycles. The van der Waals surface area contributed by atoms with E-state index in [9.17, 15) is 9.18 Å². The van der Waals surface area contributed by atoms with Gasteiger partial charge in [-0.3, -0.25) is 0 Å². The summed E-state index contributed by atoms with van der Waals surface area (Å²) in [6, 6.07) is 6.14. The van der Waals surface area contributed by atoms with Gasteiger partial charge >= 0.3 is 6.16 Å². The van der Waals surface area contributed by atoms with Crippen molar-refractivity contribution in [3.05, 3.63) is 46.2 Å². The number of carbonyl (C=O) groups is 1. The predicted molar refractivity (Wildman–Crippen MR) is 90.1 cm³/mol. The van der Waals surface area contributed by atoms with Crippen molar-refractivity contribution < 1.29 is 18.7 Å². The van der Waals surface area contributed by atoms with Gasteiger partial charge in [-0.2, -0.15) is 0 Å². The number of benzene rings is 1. The molecule has 126 valence electrons. The maximum atomic E-state index is 13.5. The first kappa shape index (κ1) is 16.4. The van der Waals surface area contributed by atoms with Crippen molar-refractivity contribution in [2.24, 2.45) is 0 Å². The molecule has 0 N–H and O–H groups in total. The van der Waals surface area contributed by atoms with Crippen LogP contribution in [0.15, 0.2) is 29.8 Å². The van der Waals surface area contributed by atoms with E-state index in [0.717, 1.165) is 17.6 Å². The van der Waals surface area contributed by atoms with Crippen molar-refractivity contribution >= 4 is 28.4 Å². The van der Waals surface area contributed by atoms with Gasteiger partial charge in [-0.05, 0) is 32.0 Å². The van der Waals surface area contributed by atoms with Gasteiger partial charge in [0.25, 0.3) is 0 Å². The molecule has 0 amide bonds. The summed E-state index contributed by atoms with van der Waals surface area (Å²) in [7, 11) is 0. The highest BCUT2D eigenvalue weighted by molar-refractivity contribution is 7.09. The van der Waals surface area contributed by atoms with E-state index in [1.165, 1.54) is 17.0 Å². The standard InChI is InChI=1S/C17H17FN2O3S/c1-3-22-17(21)23-16-9-12-8-13(18)4-5-14(12)20(16)7-6-15-11(2)19-10-24-15/h4-5,8-10H,3,6-7H2,1-2H3. The smallest absolute Gasteiger partial charge is 0.434 e. The minimum absolute atomic E-state index is 0.230. The molecule has 0 atom stereocenters. The SMILES string of the molecule is CCOC(=O)Oc1cc2cc(F)ccc2n1CCc1scnc1C. The molecule has 0 radical (unpaired) electrons. The number of aromatic nitrogens is 2. The Labute approximate surface area is 142 Å². The molecule has 1 aromatic carbocycles. The molecule has 7 heteroatoms. The van der Waals surface area contributed by atoms with Crippen molar-refractivity contribution in [1.82, 2.24) is 9.55 Å². The quantitative estimate of drug-likeness (QED) is 0.644. The molecule has 0 aliphatic carbocycles. The van der Waals surface area contributed by atoms with Crippen molar-refractivity contribution in [3.8, 4) is 5.88 Å². The molecule has 0 saturated heterocycles. The third-order valence-corrected chi connectivity index (χ3v) is 4.68. The largest absolute Gasteiger partial charge is 0.515 e. The van der Waals surface area contributed by atoms with Gasteiger partial charge in [-0.15, -0.1) is 11.3 Å². The van der Waals surface area contributed by atoms with Crippen LogP contribution in [0.5, 0.6) is 5.88 Å². The van der Waals surface area contributed by atoms with E-state index >= 15 is 0 Å². The van der Waals surface area contributed by atoms with Crippen molar-refractivity contribution in [1.29, 1.82) is 0 Å². The number of aryl methyl sites for hydroxylation is 3. The zero-order valence-corrected chi connectivity index (χ0v) is 14.2. The molecule has 2 heterocycles. The highest BCUT2D eigenvalue weighted by Crippen LogP contribution is 2.28. The Morgan fingerprint density at radius 3 is 2.92 bits per heavy atom. The molecule has 0 bridgehead atoms. The topological polar surface area (TPSA) is 53.4 Å². The van der Waals surface area contributed by atoms with E-state index in [2.05, 4.69) is 4.98 Å². The summed E-state index contributed by atoms with van der Waals surface area (Å²) in [5.41, 5.74) is 3.61. The lowest BCUT2D eigenvalue weighted by molar-refractivity contribution is 0.101. The average molecular weight is 348 g/mol. The Kier molecular flexibility index (Phi) is 4.80. The van der Waals surface area contributed by atoms with Crippen LogP contribution in [0.3, 0.4) is 0 Å². The number of halogens is 1. The normalized spacial score (nSPS) is 11.0. The molecule has 0 aliphatic heterocycles. The van der Waals surface area contributed by atoms with Crippen molar-refractivity contribution in [3.63, 3.8) is 0 Å². The summed E-state index contributed by atoms with van der Waals surface area (Å²) in [6.45, 7) is 4.49. The van der Waals surface area contributed by atoms with E-state index in [-0.39, 0.29) is 12.4 Å². The lowest BCUT2D eigenvalue weighted by Gasteiger charge is -2.10. The molecular formula is C17H17FN2O3S. The van der Waals surface area contributed by atoms with Gasteiger partial charge in [0, 0.05) is 29.3 Å². The lowest BCUT2D eigenvalue weighted by atomic mass is 10.2. The van der Waals surface area contributed by atoms with Gasteiger partial charge in [0.1, 0.15) is 5.82 Å². The van der Waals surface area contributed by atoms with Crippen LogP contribution in [-0.2, 0) is 17.7 Å². The Morgan fingerprint density at radius 1 is 1.38 bits per heavy atom. The number of hydrogen-bond donors (Lipinski definition) is 0. The molecule has 0 saturated carbocycles. The number of thiazole rings is 1. The Hall–Kier alpha value is -2.41. The average Bonchev–Trinajstić information content (AvgIpc) is 3.08. The van der Waals surface area contributed by atoms with Gasteiger partial charge in [-0.25, -0.2) is 14.2 Å². The fourth-order valence-electron chi connectivity index (χ4n) is 2.54. The van der Waals surface area contributed by atoms with Gasteiger partial charge in [0.15, 0.2) is 0 Å². The minimum Gasteiger partial charge on any atom is -0.434 e. The zero-order chi connectivity index (χ0) is 17.1. The Bertz CT molecular complexity index is 872. The summed E-state index contributed by atoms with van der Waals surface area (Å²) in [6.07, 6.45) is -0.0207. The van der Waals surface area contributed by atoms with Crippen LogP contribution in [0.4, 0.5) is 9.18 Å². The summed E-state index contributed by atoms with van der Waals surface area (Å²) < 4.78 is 25.4. The van der Waals surface area contributed by atoms with Gasteiger partial charge < -0.3 is 14.0 Å². The number of ether oxygens (including phenoxy) is 2. The second-order valence-electron chi connectivity index (χ2n) is 5.23. The van der Waals surface area contributed by atoms with Gasteiger partial charge in [0.2, 0.25) is 5.88 Å². The maximum absolute atomic E-state index is 13.5. The summed E-state index contributed by atoms with van der Waals surface area (Å²) in [5.74, 6) is 0.0110. The number of rotatable bonds is 5. The van der Waals surface area contributed by atoms with Crippen LogP contribution < -0.4 is 4.74 Å². The predicted octanol–water partition coefficient (Wildman–Crippen LogP) is 4.32. The Morgan fingerprint density at radius 2 is 2.21 bits per heavy atom. The highest BCUT2D eigenvalue weighted by Gasteiger charge is 2.15. The summed E-state index contributed by atoms with van der Waals surface area (Å²) in [4.78, 5) is 17.1. The highest BCUT2D eigenvalue weighted by atomic mass is 32.1. The van der Waals surface area contributed by atoms with Crippen LogP contribution in [-0.4, -0.2) is 22.3 Å². The molecule has 3 aromatic rings. The van der Waals surface area contributed by atoms with E-state index in [4.69, 9.17) is 9.47 Å². The Balaban J connectivity index is 1.92. The summed E-state index contributed by atoms with van der Waals surface area (Å²) >= 11 is 1.59. The molecular weight excluding hydrogens is 331 g/mol. The molecule has 0 fully saturated rings. The molecule has 5 nitrogen and oxygen atoms in total. The van der Waals surface area contributed by atoms with E-state index in [1.807, 2.05) is 17.0 Å². The first-order valence-corrected chi connectivity index (χ1v) is 8.48. The van der Waals surface area contributed by atoms with E-state index < -0.39 is 6.16 Å². The van der Waals surface area contributed by atoms with Crippen LogP contribution in [0.2, 0.25) is 0 Å². The first-order valence-electron chi connectivity index (χ1n) is 7.61. The number of carbonyl (C=O) groups excluding carboxylic acids is 1. The second kappa shape index (κ2) is 7.00. The van der Waals surface area contributed by atoms with Crippen molar-refractivity contribution in [2.75, 3.05) is 6.61 Å². The molecule has 3 rings (SSSR count). The maximum Gasteiger partial charge on any atom is 0.515 e. The monoisotopic (exact) mass is 348 g/mol. The molecule has 24 heavy (non-hydrogen) atoms. The van der Waals surface area contributed by atoms with Crippen LogP contribution in [0.25, 0.3) is 10.9 Å². The van der Waals surface area contributed by atoms with E-state index in [0.29, 0.717) is 17.8 Å². The van der Waals surface area contributed by atoms with Crippen LogP contribution in [0.1, 0.15) is 17.5 Å². The summed E-state index contributed by atoms with van der Waals surface area (Å²) in [5, 5.41) is 0.676. The third-order valence-electron chi connectivity index (χ3n) is 3.68. The first-order chi connectivity index (χ1) is 11.6. The number of nitrogens with zero attached hydrogens (tertiary/aromatic N) is 2. The minimum atomic E-state index is -0.768. The van der Waals surface area contributed by atoms with Crippen molar-refractivity contribution in [2.45, 2.75) is 26.8 Å². The number of hydrogen-bond acceptors (Lipinski definition) is 5. The molecule has 0 unspecified atom stereocenters. The fraction of sp³-hybridized carbons (Fsp3) is 0.294. The van der Waals surface area contributed by atoms with E-state index in [1.54, 1.807) is 30.4 Å². The third kappa shape index (κ3) is 3.41. The fourth-order valence-corrected chi connectivity index (χ4v) is 3.31.